The lowest BCUT2D eigenvalue weighted by atomic mass is 9.76. The van der Waals surface area contributed by atoms with Crippen LogP contribution in [0.15, 0.2) is 18.3 Å². The van der Waals surface area contributed by atoms with E-state index in [4.69, 9.17) is 0 Å². The van der Waals surface area contributed by atoms with Gasteiger partial charge in [0, 0.05) is 12.7 Å². The number of hydrogen-bond donors (Lipinski definition) is 1. The van der Waals surface area contributed by atoms with E-state index < -0.39 is 0 Å². The van der Waals surface area contributed by atoms with Crippen molar-refractivity contribution in [2.45, 2.75) is 46.0 Å². The molecule has 16 heavy (non-hydrogen) atoms. The number of hydrogen-bond acceptors (Lipinski definition) is 2. The van der Waals surface area contributed by atoms with E-state index in [0.717, 1.165) is 12.4 Å². The van der Waals surface area contributed by atoms with Crippen molar-refractivity contribution in [3.05, 3.63) is 23.9 Å². The van der Waals surface area contributed by atoms with Gasteiger partial charge < -0.3 is 5.32 Å². The smallest absolute Gasteiger partial charge is 0.128 e. The summed E-state index contributed by atoms with van der Waals surface area (Å²) in [5.41, 5.74) is 1.71. The zero-order valence-corrected chi connectivity index (χ0v) is 10.4. The minimum absolute atomic E-state index is 0.474. The minimum Gasteiger partial charge on any atom is -0.369 e. The second-order valence-corrected chi connectivity index (χ2v) is 5.39. The molecule has 0 spiro atoms. The summed E-state index contributed by atoms with van der Waals surface area (Å²) in [4.78, 5) is 4.38. The molecule has 0 atom stereocenters. The Kier molecular flexibility index (Phi) is 3.47. The van der Waals surface area contributed by atoms with E-state index in [2.05, 4.69) is 30.2 Å². The van der Waals surface area contributed by atoms with Crippen molar-refractivity contribution in [3.63, 3.8) is 0 Å². The van der Waals surface area contributed by atoms with Crippen LogP contribution in [0.3, 0.4) is 0 Å². The fraction of sp³-hybridized carbons (Fsp3) is 0.643. The van der Waals surface area contributed by atoms with Crippen molar-refractivity contribution < 1.29 is 0 Å². The summed E-state index contributed by atoms with van der Waals surface area (Å²) < 4.78 is 0. The number of aromatic nitrogens is 1. The highest BCUT2D eigenvalue weighted by molar-refractivity contribution is 5.42. The van der Waals surface area contributed by atoms with Crippen LogP contribution in [0.1, 0.15) is 44.6 Å². The van der Waals surface area contributed by atoms with E-state index in [-0.39, 0.29) is 0 Å². The number of anilines is 1. The van der Waals surface area contributed by atoms with Crippen LogP contribution >= 0.6 is 0 Å². The zero-order chi connectivity index (χ0) is 11.4. The van der Waals surface area contributed by atoms with Crippen molar-refractivity contribution in [1.82, 2.24) is 4.98 Å². The molecule has 1 N–H and O–H groups in total. The van der Waals surface area contributed by atoms with Gasteiger partial charge in [0.25, 0.3) is 0 Å². The average Bonchev–Trinajstić information content (AvgIpc) is 2.29. The maximum absolute atomic E-state index is 4.38. The lowest BCUT2D eigenvalue weighted by Gasteiger charge is -2.34. The van der Waals surface area contributed by atoms with Gasteiger partial charge in [0.1, 0.15) is 5.82 Å². The minimum atomic E-state index is 0.474. The first kappa shape index (κ1) is 11.4. The molecule has 88 valence electrons. The van der Waals surface area contributed by atoms with Gasteiger partial charge in [-0.25, -0.2) is 4.98 Å². The Morgan fingerprint density at radius 2 is 2.06 bits per heavy atom. The quantitative estimate of drug-likeness (QED) is 0.835. The largest absolute Gasteiger partial charge is 0.369 e. The molecule has 2 heteroatoms. The van der Waals surface area contributed by atoms with Crippen LogP contribution in [0.5, 0.6) is 0 Å². The first-order valence-electron chi connectivity index (χ1n) is 6.35. The number of nitrogens with one attached hydrogen (secondary N) is 1. The molecule has 1 aliphatic rings. The van der Waals surface area contributed by atoms with Gasteiger partial charge in [0.15, 0.2) is 0 Å². The molecule has 0 bridgehead atoms. The fourth-order valence-corrected chi connectivity index (χ4v) is 2.55. The molecule has 1 heterocycles. The van der Waals surface area contributed by atoms with Gasteiger partial charge in [0.2, 0.25) is 0 Å². The maximum atomic E-state index is 4.38. The van der Waals surface area contributed by atoms with Gasteiger partial charge >= 0.3 is 0 Å². The van der Waals surface area contributed by atoms with E-state index in [1.165, 1.54) is 37.7 Å². The van der Waals surface area contributed by atoms with Crippen LogP contribution in [-0.2, 0) is 0 Å². The highest BCUT2D eigenvalue weighted by atomic mass is 15.0. The van der Waals surface area contributed by atoms with E-state index in [1.54, 1.807) is 0 Å². The fourth-order valence-electron chi connectivity index (χ4n) is 2.55. The monoisotopic (exact) mass is 218 g/mol. The zero-order valence-electron chi connectivity index (χ0n) is 10.4. The van der Waals surface area contributed by atoms with E-state index >= 15 is 0 Å². The van der Waals surface area contributed by atoms with E-state index in [1.807, 2.05) is 12.3 Å². The second-order valence-electron chi connectivity index (χ2n) is 5.39. The Morgan fingerprint density at radius 1 is 1.31 bits per heavy atom. The average molecular weight is 218 g/mol. The van der Waals surface area contributed by atoms with Crippen molar-refractivity contribution in [1.29, 1.82) is 0 Å². The molecule has 1 aliphatic carbocycles. The molecular weight excluding hydrogens is 196 g/mol. The highest BCUT2D eigenvalue weighted by Crippen LogP contribution is 2.35. The summed E-state index contributed by atoms with van der Waals surface area (Å²) in [6.07, 6.45) is 8.76. The molecule has 1 aromatic rings. The van der Waals surface area contributed by atoms with Gasteiger partial charge in [-0.3, -0.25) is 0 Å². The third kappa shape index (κ3) is 2.75. The second kappa shape index (κ2) is 4.86. The molecular formula is C14H22N2. The van der Waals surface area contributed by atoms with Crippen LogP contribution in [0.25, 0.3) is 0 Å². The lowest BCUT2D eigenvalue weighted by Crippen LogP contribution is -2.29. The van der Waals surface area contributed by atoms with Crippen molar-refractivity contribution >= 4 is 5.82 Å². The predicted octanol–water partition coefficient (Wildman–Crippen LogP) is 3.77. The molecule has 0 radical (unpaired) electrons. The van der Waals surface area contributed by atoms with Crippen LogP contribution in [0, 0.1) is 12.3 Å². The predicted molar refractivity (Wildman–Crippen MR) is 68.7 cm³/mol. The highest BCUT2D eigenvalue weighted by Gasteiger charge is 2.26. The van der Waals surface area contributed by atoms with Crippen molar-refractivity contribution in [2.75, 3.05) is 11.9 Å². The molecule has 2 rings (SSSR count). The molecule has 0 amide bonds. The maximum Gasteiger partial charge on any atom is 0.128 e. The summed E-state index contributed by atoms with van der Waals surface area (Å²) in [5.74, 6) is 1.05. The molecule has 1 saturated carbocycles. The van der Waals surface area contributed by atoms with Crippen LogP contribution in [0.2, 0.25) is 0 Å². The first-order chi connectivity index (χ1) is 7.70. The summed E-state index contributed by atoms with van der Waals surface area (Å²) in [6.45, 7) is 5.57. The molecule has 0 aliphatic heterocycles. The molecule has 0 unspecified atom stereocenters. The summed E-state index contributed by atoms with van der Waals surface area (Å²) >= 11 is 0. The van der Waals surface area contributed by atoms with Gasteiger partial charge in [-0.2, -0.15) is 0 Å². The SMILES string of the molecule is Cc1cccnc1NCC1(C)CCCCC1. The molecule has 1 aromatic heterocycles. The lowest BCUT2D eigenvalue weighted by molar-refractivity contribution is 0.233. The molecule has 0 aromatic carbocycles. The van der Waals surface area contributed by atoms with E-state index in [0.29, 0.717) is 5.41 Å². The standard InChI is InChI=1S/C14H22N2/c1-12-7-6-10-15-13(12)16-11-14(2)8-4-3-5-9-14/h6-7,10H,3-5,8-9,11H2,1-2H3,(H,15,16). The van der Waals surface area contributed by atoms with Crippen LogP contribution in [0.4, 0.5) is 5.82 Å². The summed E-state index contributed by atoms with van der Waals surface area (Å²) in [5, 5.41) is 3.51. The third-order valence-electron chi connectivity index (χ3n) is 3.75. The van der Waals surface area contributed by atoms with Crippen molar-refractivity contribution in [2.24, 2.45) is 5.41 Å². The molecule has 1 fully saturated rings. The number of nitrogens with zero attached hydrogens (tertiary/aromatic N) is 1. The van der Waals surface area contributed by atoms with Crippen molar-refractivity contribution in [3.8, 4) is 0 Å². The summed E-state index contributed by atoms with van der Waals surface area (Å²) in [6, 6.07) is 4.10. The van der Waals surface area contributed by atoms with Gasteiger partial charge in [0.05, 0.1) is 0 Å². The number of pyridine rings is 1. The molecule has 2 nitrogen and oxygen atoms in total. The first-order valence-corrected chi connectivity index (χ1v) is 6.35. The number of aryl methyl sites for hydroxylation is 1. The number of rotatable bonds is 3. The topological polar surface area (TPSA) is 24.9 Å². The Balaban J connectivity index is 1.94. The summed E-state index contributed by atoms with van der Waals surface area (Å²) in [7, 11) is 0. The van der Waals surface area contributed by atoms with Gasteiger partial charge in [-0.05, 0) is 36.8 Å². The Bertz CT molecular complexity index is 340. The van der Waals surface area contributed by atoms with Crippen LogP contribution < -0.4 is 5.32 Å². The van der Waals surface area contributed by atoms with Crippen LogP contribution in [-0.4, -0.2) is 11.5 Å². The van der Waals surface area contributed by atoms with E-state index in [9.17, 15) is 0 Å². The normalized spacial score (nSPS) is 19.4. The van der Waals surface area contributed by atoms with Gasteiger partial charge in [-0.1, -0.05) is 32.3 Å². The Hall–Kier alpha value is -1.05. The van der Waals surface area contributed by atoms with Gasteiger partial charge in [-0.15, -0.1) is 0 Å². The molecule has 0 saturated heterocycles. The Labute approximate surface area is 98.5 Å². The Morgan fingerprint density at radius 3 is 2.75 bits per heavy atom. The third-order valence-corrected chi connectivity index (χ3v) is 3.75.